The Morgan fingerprint density at radius 3 is 2.73 bits per heavy atom. The Balaban J connectivity index is 1.70. The third kappa shape index (κ3) is 4.17. The first-order chi connectivity index (χ1) is 12.4. The second-order valence-electron chi connectivity index (χ2n) is 8.29. The largest absolute Gasteiger partial charge is 0.490 e. The number of fused-ring (bicyclic) bond motifs is 1. The number of rotatable bonds is 7. The third-order valence-electron chi connectivity index (χ3n) is 6.08. The Labute approximate surface area is 158 Å². The fourth-order valence-electron chi connectivity index (χ4n) is 4.81. The molecule has 0 unspecified atom stereocenters. The molecule has 2 fully saturated rings. The SMILES string of the molecule is CCOc1cc(CN2C[C@H]3CCC[C@](O)(CC)[C@H]3C2)ccc1OC(C)C. The van der Waals surface area contributed by atoms with Crippen molar-refractivity contribution in [3.63, 3.8) is 0 Å². The number of hydrogen-bond acceptors (Lipinski definition) is 4. The quantitative estimate of drug-likeness (QED) is 0.788. The molecule has 0 aromatic heterocycles. The molecule has 4 heteroatoms. The van der Waals surface area contributed by atoms with Gasteiger partial charge in [0.05, 0.1) is 18.3 Å². The van der Waals surface area contributed by atoms with E-state index in [1.165, 1.54) is 12.0 Å². The molecule has 1 aliphatic carbocycles. The minimum absolute atomic E-state index is 0.133. The van der Waals surface area contributed by atoms with Gasteiger partial charge in [-0.1, -0.05) is 19.4 Å². The van der Waals surface area contributed by atoms with E-state index in [0.717, 1.165) is 50.4 Å². The molecule has 1 saturated heterocycles. The number of hydrogen-bond donors (Lipinski definition) is 1. The normalized spacial score (nSPS) is 29.0. The molecule has 0 amide bonds. The van der Waals surface area contributed by atoms with E-state index in [2.05, 4.69) is 24.0 Å². The first-order valence-electron chi connectivity index (χ1n) is 10.3. The Morgan fingerprint density at radius 1 is 1.23 bits per heavy atom. The van der Waals surface area contributed by atoms with Gasteiger partial charge in [-0.15, -0.1) is 0 Å². The van der Waals surface area contributed by atoms with Crippen LogP contribution in [-0.4, -0.2) is 41.4 Å². The van der Waals surface area contributed by atoms with Crippen LogP contribution in [0.4, 0.5) is 0 Å². The predicted molar refractivity (Wildman–Crippen MR) is 105 cm³/mol. The van der Waals surface area contributed by atoms with Crippen molar-refractivity contribution in [3.05, 3.63) is 23.8 Å². The van der Waals surface area contributed by atoms with Crippen molar-refractivity contribution >= 4 is 0 Å². The highest BCUT2D eigenvalue weighted by atomic mass is 16.5. The third-order valence-corrected chi connectivity index (χ3v) is 6.08. The molecule has 0 radical (unpaired) electrons. The first-order valence-corrected chi connectivity index (χ1v) is 10.3. The van der Waals surface area contributed by atoms with E-state index in [1.807, 2.05) is 26.8 Å². The zero-order valence-corrected chi connectivity index (χ0v) is 16.8. The van der Waals surface area contributed by atoms with Crippen LogP contribution in [0, 0.1) is 11.8 Å². The van der Waals surface area contributed by atoms with Gasteiger partial charge in [-0.05, 0) is 63.6 Å². The van der Waals surface area contributed by atoms with E-state index in [4.69, 9.17) is 9.47 Å². The lowest BCUT2D eigenvalue weighted by atomic mass is 9.69. The van der Waals surface area contributed by atoms with Gasteiger partial charge >= 0.3 is 0 Å². The molecular weight excluding hydrogens is 326 g/mol. The zero-order valence-electron chi connectivity index (χ0n) is 16.8. The lowest BCUT2D eigenvalue weighted by Gasteiger charge is -2.40. The second-order valence-corrected chi connectivity index (χ2v) is 8.29. The minimum atomic E-state index is -0.455. The number of ether oxygens (including phenoxy) is 2. The highest BCUT2D eigenvalue weighted by Gasteiger charge is 2.47. The molecule has 4 nitrogen and oxygen atoms in total. The summed E-state index contributed by atoms with van der Waals surface area (Å²) in [5.74, 6) is 2.72. The second kappa shape index (κ2) is 8.18. The van der Waals surface area contributed by atoms with Gasteiger partial charge in [0.25, 0.3) is 0 Å². The molecule has 1 aromatic carbocycles. The summed E-state index contributed by atoms with van der Waals surface area (Å²) in [5, 5.41) is 11.0. The van der Waals surface area contributed by atoms with Crippen molar-refractivity contribution < 1.29 is 14.6 Å². The standard InChI is InChI=1S/C22H35NO3/c1-5-22(24)11-7-8-18-14-23(15-19(18)22)13-17-9-10-20(26-16(3)4)21(12-17)25-6-2/h9-10,12,16,18-19,24H,5-8,11,13-15H2,1-4H3/t18-,19+,22-/m1/s1. The molecule has 0 bridgehead atoms. The first kappa shape index (κ1) is 19.5. The maximum absolute atomic E-state index is 11.0. The van der Waals surface area contributed by atoms with Crippen LogP contribution in [0.2, 0.25) is 0 Å². The van der Waals surface area contributed by atoms with Gasteiger partial charge < -0.3 is 14.6 Å². The molecule has 0 spiro atoms. The van der Waals surface area contributed by atoms with Gasteiger partial charge in [0.2, 0.25) is 0 Å². The van der Waals surface area contributed by atoms with E-state index >= 15 is 0 Å². The van der Waals surface area contributed by atoms with E-state index in [1.54, 1.807) is 0 Å². The molecule has 3 rings (SSSR count). The topological polar surface area (TPSA) is 41.9 Å². The Kier molecular flexibility index (Phi) is 6.13. The van der Waals surface area contributed by atoms with Crippen LogP contribution < -0.4 is 9.47 Å². The smallest absolute Gasteiger partial charge is 0.161 e. The summed E-state index contributed by atoms with van der Waals surface area (Å²) < 4.78 is 11.7. The zero-order chi connectivity index (χ0) is 18.7. The average molecular weight is 362 g/mol. The summed E-state index contributed by atoms with van der Waals surface area (Å²) >= 11 is 0. The van der Waals surface area contributed by atoms with Gasteiger partial charge in [-0.2, -0.15) is 0 Å². The molecule has 1 aromatic rings. The summed E-state index contributed by atoms with van der Waals surface area (Å²) in [6, 6.07) is 6.30. The van der Waals surface area contributed by atoms with Gasteiger partial charge in [0.15, 0.2) is 11.5 Å². The van der Waals surface area contributed by atoms with E-state index < -0.39 is 5.60 Å². The fraction of sp³-hybridized carbons (Fsp3) is 0.727. The van der Waals surface area contributed by atoms with Crippen LogP contribution in [0.1, 0.15) is 58.9 Å². The van der Waals surface area contributed by atoms with E-state index in [9.17, 15) is 5.11 Å². The van der Waals surface area contributed by atoms with E-state index in [0.29, 0.717) is 18.4 Å². The molecule has 1 aliphatic heterocycles. The van der Waals surface area contributed by atoms with Crippen LogP contribution >= 0.6 is 0 Å². The highest BCUT2D eigenvalue weighted by Crippen LogP contribution is 2.44. The lowest BCUT2D eigenvalue weighted by molar-refractivity contribution is -0.0613. The minimum Gasteiger partial charge on any atom is -0.490 e. The van der Waals surface area contributed by atoms with Crippen molar-refractivity contribution in [1.29, 1.82) is 0 Å². The Bertz CT molecular complexity index is 603. The van der Waals surface area contributed by atoms with Crippen molar-refractivity contribution in [3.8, 4) is 11.5 Å². The molecule has 1 heterocycles. The Morgan fingerprint density at radius 2 is 2.04 bits per heavy atom. The predicted octanol–water partition coefficient (Wildman–Crippen LogP) is 4.25. The van der Waals surface area contributed by atoms with Crippen LogP contribution in [0.3, 0.4) is 0 Å². The molecule has 146 valence electrons. The molecule has 3 atom stereocenters. The van der Waals surface area contributed by atoms with E-state index in [-0.39, 0.29) is 6.10 Å². The monoisotopic (exact) mass is 361 g/mol. The molecule has 26 heavy (non-hydrogen) atoms. The number of likely N-dealkylation sites (tertiary alicyclic amines) is 1. The molecule has 1 saturated carbocycles. The summed E-state index contributed by atoms with van der Waals surface area (Å²) in [7, 11) is 0. The molecule has 2 aliphatic rings. The van der Waals surface area contributed by atoms with Crippen LogP contribution in [0.15, 0.2) is 18.2 Å². The van der Waals surface area contributed by atoms with Crippen molar-refractivity contribution in [2.45, 2.75) is 71.6 Å². The van der Waals surface area contributed by atoms with Gasteiger partial charge in [0.1, 0.15) is 0 Å². The Hall–Kier alpha value is -1.26. The average Bonchev–Trinajstić information content (AvgIpc) is 3.01. The van der Waals surface area contributed by atoms with Crippen molar-refractivity contribution in [2.75, 3.05) is 19.7 Å². The number of aliphatic hydroxyl groups is 1. The number of nitrogens with zero attached hydrogens (tertiary/aromatic N) is 1. The van der Waals surface area contributed by atoms with Crippen LogP contribution in [0.25, 0.3) is 0 Å². The van der Waals surface area contributed by atoms with Gasteiger partial charge in [-0.25, -0.2) is 0 Å². The summed E-state index contributed by atoms with van der Waals surface area (Å²) in [6.07, 6.45) is 4.39. The summed E-state index contributed by atoms with van der Waals surface area (Å²) in [5.41, 5.74) is 0.798. The maximum atomic E-state index is 11.0. The van der Waals surface area contributed by atoms with Crippen molar-refractivity contribution in [2.24, 2.45) is 11.8 Å². The molecular formula is C22H35NO3. The molecule has 1 N–H and O–H groups in total. The lowest BCUT2D eigenvalue weighted by Crippen LogP contribution is -2.44. The van der Waals surface area contributed by atoms with Crippen molar-refractivity contribution in [1.82, 2.24) is 4.90 Å². The van der Waals surface area contributed by atoms with Crippen LogP contribution in [0.5, 0.6) is 11.5 Å². The van der Waals surface area contributed by atoms with Gasteiger partial charge in [0, 0.05) is 25.6 Å². The number of benzene rings is 1. The highest BCUT2D eigenvalue weighted by molar-refractivity contribution is 5.43. The summed E-state index contributed by atoms with van der Waals surface area (Å²) in [4.78, 5) is 2.51. The summed E-state index contributed by atoms with van der Waals surface area (Å²) in [6.45, 7) is 11.8. The maximum Gasteiger partial charge on any atom is 0.161 e. The van der Waals surface area contributed by atoms with Gasteiger partial charge in [-0.3, -0.25) is 4.90 Å². The van der Waals surface area contributed by atoms with Crippen LogP contribution in [-0.2, 0) is 6.54 Å². The fourth-order valence-corrected chi connectivity index (χ4v) is 4.81.